The van der Waals surface area contributed by atoms with Crippen LogP contribution in [-0.2, 0) is 6.54 Å². The second-order valence-corrected chi connectivity index (χ2v) is 4.27. The molecule has 15 heavy (non-hydrogen) atoms. The zero-order valence-electron chi connectivity index (χ0n) is 9.49. The molecule has 0 amide bonds. The molecular weight excluding hydrogens is 190 g/mol. The van der Waals surface area contributed by atoms with Crippen molar-refractivity contribution in [3.63, 3.8) is 0 Å². The average molecular weight is 209 g/mol. The Bertz CT molecular complexity index is 303. The Kier molecular flexibility index (Phi) is 3.38. The van der Waals surface area contributed by atoms with Crippen molar-refractivity contribution < 1.29 is 4.52 Å². The van der Waals surface area contributed by atoms with Gasteiger partial charge in [0.05, 0.1) is 5.69 Å². The Morgan fingerprint density at radius 1 is 1.53 bits per heavy atom. The van der Waals surface area contributed by atoms with Crippen molar-refractivity contribution in [2.24, 2.45) is 0 Å². The molecule has 0 atom stereocenters. The number of rotatable bonds is 3. The average Bonchev–Trinajstić information content (AvgIpc) is 2.65. The van der Waals surface area contributed by atoms with Crippen molar-refractivity contribution in [2.45, 2.75) is 32.4 Å². The van der Waals surface area contributed by atoms with Gasteiger partial charge in [-0.05, 0) is 26.8 Å². The molecule has 1 aliphatic rings. The quantitative estimate of drug-likeness (QED) is 0.811. The topological polar surface area (TPSA) is 41.3 Å². The molecule has 0 bridgehead atoms. The van der Waals surface area contributed by atoms with Gasteiger partial charge in [-0.15, -0.1) is 0 Å². The molecule has 4 nitrogen and oxygen atoms in total. The minimum Gasteiger partial charge on any atom is -0.361 e. The lowest BCUT2D eigenvalue weighted by Crippen LogP contribution is -2.40. The van der Waals surface area contributed by atoms with Gasteiger partial charge in [0, 0.05) is 31.7 Å². The van der Waals surface area contributed by atoms with Crippen LogP contribution in [0.4, 0.5) is 0 Å². The zero-order chi connectivity index (χ0) is 10.7. The van der Waals surface area contributed by atoms with Crippen LogP contribution in [0.15, 0.2) is 10.6 Å². The second-order valence-electron chi connectivity index (χ2n) is 4.27. The van der Waals surface area contributed by atoms with Crippen molar-refractivity contribution in [3.8, 4) is 0 Å². The third-order valence-corrected chi connectivity index (χ3v) is 3.06. The van der Waals surface area contributed by atoms with E-state index in [-0.39, 0.29) is 0 Å². The van der Waals surface area contributed by atoms with Gasteiger partial charge in [-0.3, -0.25) is 4.90 Å². The predicted molar refractivity (Wildman–Crippen MR) is 58.6 cm³/mol. The Balaban J connectivity index is 1.82. The maximum Gasteiger partial charge on any atom is 0.133 e. The Morgan fingerprint density at radius 2 is 2.27 bits per heavy atom. The predicted octanol–water partition coefficient (Wildman–Crippen LogP) is 1.17. The van der Waals surface area contributed by atoms with Gasteiger partial charge in [-0.25, -0.2) is 0 Å². The first-order valence-electron chi connectivity index (χ1n) is 5.60. The van der Waals surface area contributed by atoms with Crippen LogP contribution in [0.5, 0.6) is 0 Å². The van der Waals surface area contributed by atoms with Crippen LogP contribution in [0, 0.1) is 6.92 Å². The molecule has 0 aliphatic carbocycles. The third-order valence-electron chi connectivity index (χ3n) is 3.06. The minimum absolute atomic E-state index is 0.695. The summed E-state index contributed by atoms with van der Waals surface area (Å²) in [6, 6.07) is 2.71. The fourth-order valence-corrected chi connectivity index (χ4v) is 2.10. The van der Waals surface area contributed by atoms with Crippen molar-refractivity contribution in [1.82, 2.24) is 15.4 Å². The molecule has 0 aromatic carbocycles. The van der Waals surface area contributed by atoms with E-state index in [1.54, 1.807) is 0 Å². The molecule has 84 valence electrons. The molecule has 4 heteroatoms. The van der Waals surface area contributed by atoms with Crippen LogP contribution >= 0.6 is 0 Å². The number of likely N-dealkylation sites (tertiary alicyclic amines) is 1. The summed E-state index contributed by atoms with van der Waals surface area (Å²) in [4.78, 5) is 2.44. The van der Waals surface area contributed by atoms with Crippen LogP contribution in [0.3, 0.4) is 0 Å². The molecule has 2 heterocycles. The van der Waals surface area contributed by atoms with E-state index >= 15 is 0 Å². The minimum atomic E-state index is 0.695. The van der Waals surface area contributed by atoms with Gasteiger partial charge in [-0.1, -0.05) is 5.16 Å². The van der Waals surface area contributed by atoms with E-state index in [0.29, 0.717) is 6.04 Å². The van der Waals surface area contributed by atoms with Gasteiger partial charge in [0.25, 0.3) is 0 Å². The van der Waals surface area contributed by atoms with Gasteiger partial charge < -0.3 is 9.84 Å². The lowest BCUT2D eigenvalue weighted by Gasteiger charge is -2.30. The molecule has 1 saturated heterocycles. The molecule has 1 N–H and O–H groups in total. The molecule has 0 spiro atoms. The van der Waals surface area contributed by atoms with E-state index in [9.17, 15) is 0 Å². The van der Waals surface area contributed by atoms with Gasteiger partial charge in [-0.2, -0.15) is 0 Å². The SMILES string of the molecule is CNC1CCN(Cc2cc(C)on2)CC1. The lowest BCUT2D eigenvalue weighted by atomic mass is 10.1. The molecule has 0 unspecified atom stereocenters. The van der Waals surface area contributed by atoms with Crippen LogP contribution in [0.2, 0.25) is 0 Å². The highest BCUT2D eigenvalue weighted by molar-refractivity contribution is 5.03. The van der Waals surface area contributed by atoms with Crippen LogP contribution in [0.25, 0.3) is 0 Å². The van der Waals surface area contributed by atoms with Gasteiger partial charge in [0.15, 0.2) is 0 Å². The molecule has 0 radical (unpaired) electrons. The van der Waals surface area contributed by atoms with E-state index in [0.717, 1.165) is 31.1 Å². The largest absolute Gasteiger partial charge is 0.361 e. The summed E-state index contributed by atoms with van der Waals surface area (Å²) in [5.74, 6) is 0.898. The van der Waals surface area contributed by atoms with Crippen molar-refractivity contribution >= 4 is 0 Å². The molecule has 0 saturated carbocycles. The maximum atomic E-state index is 5.06. The summed E-state index contributed by atoms with van der Waals surface area (Å²) in [7, 11) is 2.04. The van der Waals surface area contributed by atoms with E-state index < -0.39 is 0 Å². The third kappa shape index (κ3) is 2.79. The molecule has 1 aromatic rings. The van der Waals surface area contributed by atoms with E-state index in [2.05, 4.69) is 15.4 Å². The summed E-state index contributed by atoms with van der Waals surface area (Å²) >= 11 is 0. The second kappa shape index (κ2) is 4.77. The number of hydrogen-bond donors (Lipinski definition) is 1. The highest BCUT2D eigenvalue weighted by Crippen LogP contribution is 2.13. The first kappa shape index (κ1) is 10.6. The van der Waals surface area contributed by atoms with Crippen LogP contribution in [-0.4, -0.2) is 36.2 Å². The summed E-state index contributed by atoms with van der Waals surface area (Å²) < 4.78 is 5.06. The zero-order valence-corrected chi connectivity index (χ0v) is 9.49. The number of nitrogens with one attached hydrogen (secondary N) is 1. The fourth-order valence-electron chi connectivity index (χ4n) is 2.10. The smallest absolute Gasteiger partial charge is 0.133 e. The standard InChI is InChI=1S/C11H19N3O/c1-9-7-11(13-15-9)8-14-5-3-10(12-2)4-6-14/h7,10,12H,3-6,8H2,1-2H3. The molecule has 1 aliphatic heterocycles. The number of aryl methyl sites for hydroxylation is 1. The number of aromatic nitrogens is 1. The first-order chi connectivity index (χ1) is 7.28. The highest BCUT2D eigenvalue weighted by Gasteiger charge is 2.18. The van der Waals surface area contributed by atoms with Crippen molar-refractivity contribution in [3.05, 3.63) is 17.5 Å². The summed E-state index contributed by atoms with van der Waals surface area (Å²) in [5, 5.41) is 7.35. The monoisotopic (exact) mass is 209 g/mol. The molecule has 1 fully saturated rings. The van der Waals surface area contributed by atoms with E-state index in [1.807, 2.05) is 20.0 Å². The summed E-state index contributed by atoms with van der Waals surface area (Å²) in [6.07, 6.45) is 2.46. The van der Waals surface area contributed by atoms with Gasteiger partial charge >= 0.3 is 0 Å². The van der Waals surface area contributed by atoms with E-state index in [4.69, 9.17) is 4.52 Å². The van der Waals surface area contributed by atoms with Crippen LogP contribution in [0.1, 0.15) is 24.3 Å². The molecular formula is C11H19N3O. The normalized spacial score (nSPS) is 19.6. The number of hydrogen-bond acceptors (Lipinski definition) is 4. The Morgan fingerprint density at radius 3 is 2.80 bits per heavy atom. The molecule has 2 rings (SSSR count). The first-order valence-corrected chi connectivity index (χ1v) is 5.60. The van der Waals surface area contributed by atoms with Crippen molar-refractivity contribution in [2.75, 3.05) is 20.1 Å². The Labute approximate surface area is 90.6 Å². The maximum absolute atomic E-state index is 5.06. The Hall–Kier alpha value is -0.870. The highest BCUT2D eigenvalue weighted by atomic mass is 16.5. The fraction of sp³-hybridized carbons (Fsp3) is 0.727. The van der Waals surface area contributed by atoms with Gasteiger partial charge in [0.1, 0.15) is 5.76 Å². The number of nitrogens with zero attached hydrogens (tertiary/aromatic N) is 2. The van der Waals surface area contributed by atoms with Gasteiger partial charge in [0.2, 0.25) is 0 Å². The lowest BCUT2D eigenvalue weighted by molar-refractivity contribution is 0.190. The van der Waals surface area contributed by atoms with E-state index in [1.165, 1.54) is 12.8 Å². The number of piperidine rings is 1. The summed E-state index contributed by atoms with van der Waals surface area (Å²) in [5.41, 5.74) is 1.05. The van der Waals surface area contributed by atoms with Crippen LogP contribution < -0.4 is 5.32 Å². The van der Waals surface area contributed by atoms with Crippen molar-refractivity contribution in [1.29, 1.82) is 0 Å². The summed E-state index contributed by atoms with van der Waals surface area (Å²) in [6.45, 7) is 5.16. The molecule has 1 aromatic heterocycles.